The van der Waals surface area contributed by atoms with Crippen LogP contribution in [0.2, 0.25) is 0 Å². The molecule has 1 aliphatic rings. The molecule has 0 aliphatic heterocycles. The van der Waals surface area contributed by atoms with Crippen molar-refractivity contribution < 1.29 is 10.2 Å². The molecule has 0 bridgehead atoms. The minimum Gasteiger partial charge on any atom is -0.396 e. The molecular weight excluding hydrogens is 252 g/mol. The highest BCUT2D eigenvalue weighted by atomic mass is 16.3. The molecule has 2 aromatic rings. The number of aromatic amines is 1. The fourth-order valence-corrected chi connectivity index (χ4v) is 2.65. The van der Waals surface area contributed by atoms with Crippen molar-refractivity contribution in [3.05, 3.63) is 10.4 Å². The number of nitrogens with two attached hydrogens (primary N) is 1. The van der Waals surface area contributed by atoms with E-state index in [1.807, 2.05) is 0 Å². The Labute approximate surface area is 107 Å². The van der Waals surface area contributed by atoms with E-state index >= 15 is 0 Å². The van der Waals surface area contributed by atoms with E-state index in [-0.39, 0.29) is 35.7 Å². The average molecular weight is 266 g/mol. The molecule has 5 N–H and O–H groups in total. The summed E-state index contributed by atoms with van der Waals surface area (Å²) in [6.45, 7) is -0.161. The standard InChI is InChI=1S/C10H14N6O3/c11-10-12-8-7(9(19)13-10)14-15-16(8)5-1-2-6(18)4(5)3-17/h4-6,17-18H,1-3H2,(H3,11,12,13,19)/t4-,5-,6-/m0/s1. The van der Waals surface area contributed by atoms with Crippen molar-refractivity contribution in [2.75, 3.05) is 12.3 Å². The van der Waals surface area contributed by atoms with Gasteiger partial charge < -0.3 is 15.9 Å². The van der Waals surface area contributed by atoms with E-state index in [2.05, 4.69) is 20.3 Å². The van der Waals surface area contributed by atoms with E-state index < -0.39 is 11.7 Å². The van der Waals surface area contributed by atoms with Gasteiger partial charge in [-0.25, -0.2) is 4.68 Å². The lowest BCUT2D eigenvalue weighted by molar-refractivity contribution is 0.0723. The number of nitrogen functional groups attached to an aromatic ring is 1. The maximum absolute atomic E-state index is 11.7. The molecule has 9 nitrogen and oxygen atoms in total. The molecule has 3 atom stereocenters. The molecule has 0 radical (unpaired) electrons. The predicted molar refractivity (Wildman–Crippen MR) is 65.2 cm³/mol. The highest BCUT2D eigenvalue weighted by Gasteiger charge is 2.37. The molecule has 1 aliphatic carbocycles. The van der Waals surface area contributed by atoms with Crippen molar-refractivity contribution in [2.45, 2.75) is 25.0 Å². The smallest absolute Gasteiger partial charge is 0.282 e. The molecule has 3 rings (SSSR count). The van der Waals surface area contributed by atoms with Gasteiger partial charge in [-0.2, -0.15) is 4.98 Å². The molecule has 0 saturated heterocycles. The quantitative estimate of drug-likeness (QED) is 0.512. The summed E-state index contributed by atoms with van der Waals surface area (Å²) in [4.78, 5) is 18.0. The summed E-state index contributed by atoms with van der Waals surface area (Å²) in [5.74, 6) is -0.354. The van der Waals surface area contributed by atoms with E-state index in [0.717, 1.165) is 0 Å². The Hall–Kier alpha value is -2.00. The zero-order valence-electron chi connectivity index (χ0n) is 10.0. The number of anilines is 1. The predicted octanol–water partition coefficient (Wildman–Crippen LogP) is -1.60. The van der Waals surface area contributed by atoms with Crippen molar-refractivity contribution in [2.24, 2.45) is 5.92 Å². The molecule has 2 aromatic heterocycles. The highest BCUT2D eigenvalue weighted by molar-refractivity contribution is 5.69. The summed E-state index contributed by atoms with van der Waals surface area (Å²) >= 11 is 0. The van der Waals surface area contributed by atoms with Crippen LogP contribution in [0.3, 0.4) is 0 Å². The molecule has 0 amide bonds. The summed E-state index contributed by atoms with van der Waals surface area (Å²) in [5, 5.41) is 26.9. The second-order valence-corrected chi connectivity index (χ2v) is 4.72. The van der Waals surface area contributed by atoms with Crippen molar-refractivity contribution in [3.8, 4) is 0 Å². The van der Waals surface area contributed by atoms with E-state index in [9.17, 15) is 15.0 Å². The molecular formula is C10H14N6O3. The van der Waals surface area contributed by atoms with E-state index in [1.54, 1.807) is 0 Å². The molecule has 102 valence electrons. The van der Waals surface area contributed by atoms with Crippen LogP contribution >= 0.6 is 0 Å². The molecule has 0 spiro atoms. The Morgan fingerprint density at radius 1 is 1.47 bits per heavy atom. The number of hydrogen-bond donors (Lipinski definition) is 4. The van der Waals surface area contributed by atoms with Crippen molar-refractivity contribution in [3.63, 3.8) is 0 Å². The van der Waals surface area contributed by atoms with Gasteiger partial charge in [0.15, 0.2) is 11.2 Å². The number of H-pyrrole nitrogens is 1. The van der Waals surface area contributed by atoms with Crippen LogP contribution in [0, 0.1) is 5.92 Å². The third-order valence-electron chi connectivity index (χ3n) is 3.62. The Morgan fingerprint density at radius 3 is 3.00 bits per heavy atom. The second-order valence-electron chi connectivity index (χ2n) is 4.72. The van der Waals surface area contributed by atoms with Gasteiger partial charge in [0, 0.05) is 5.92 Å². The minimum absolute atomic E-state index is 0.0138. The number of nitrogens with zero attached hydrogens (tertiary/aromatic N) is 4. The molecule has 0 unspecified atom stereocenters. The molecule has 2 heterocycles. The van der Waals surface area contributed by atoms with E-state index in [0.29, 0.717) is 12.8 Å². The fraction of sp³-hybridized carbons (Fsp3) is 0.600. The Morgan fingerprint density at radius 2 is 2.26 bits per heavy atom. The van der Waals surface area contributed by atoms with E-state index in [4.69, 9.17) is 5.73 Å². The first kappa shape index (κ1) is 12.1. The third kappa shape index (κ3) is 1.78. The van der Waals surface area contributed by atoms with Crippen LogP contribution in [-0.2, 0) is 0 Å². The number of fused-ring (bicyclic) bond motifs is 1. The lowest BCUT2D eigenvalue weighted by atomic mass is 10.0. The van der Waals surface area contributed by atoms with Gasteiger partial charge >= 0.3 is 0 Å². The molecule has 1 fully saturated rings. The van der Waals surface area contributed by atoms with Crippen LogP contribution in [-0.4, -0.2) is 47.9 Å². The third-order valence-corrected chi connectivity index (χ3v) is 3.62. The maximum Gasteiger partial charge on any atom is 0.282 e. The number of rotatable bonds is 2. The average Bonchev–Trinajstić information content (AvgIpc) is 2.92. The monoisotopic (exact) mass is 266 g/mol. The number of hydrogen-bond acceptors (Lipinski definition) is 7. The van der Waals surface area contributed by atoms with Crippen LogP contribution in [0.5, 0.6) is 0 Å². The van der Waals surface area contributed by atoms with Gasteiger partial charge in [-0.05, 0) is 12.8 Å². The van der Waals surface area contributed by atoms with Gasteiger partial charge in [0.25, 0.3) is 5.56 Å². The number of aliphatic hydroxyl groups is 2. The summed E-state index contributed by atoms with van der Waals surface area (Å²) in [5.41, 5.74) is 5.44. The summed E-state index contributed by atoms with van der Waals surface area (Å²) in [6, 6.07) is -0.237. The first-order chi connectivity index (χ1) is 9.11. The van der Waals surface area contributed by atoms with Crippen LogP contribution in [0.1, 0.15) is 18.9 Å². The van der Waals surface area contributed by atoms with Crippen LogP contribution in [0.4, 0.5) is 5.95 Å². The van der Waals surface area contributed by atoms with Crippen molar-refractivity contribution in [1.82, 2.24) is 25.0 Å². The van der Waals surface area contributed by atoms with E-state index in [1.165, 1.54) is 4.68 Å². The summed E-state index contributed by atoms with van der Waals surface area (Å²) in [7, 11) is 0. The van der Waals surface area contributed by atoms with Crippen molar-refractivity contribution in [1.29, 1.82) is 0 Å². The number of aromatic nitrogens is 5. The molecule has 19 heavy (non-hydrogen) atoms. The SMILES string of the molecule is Nc1nc2c(nnn2[C@H]2CC[C@H](O)[C@H]2CO)c(=O)[nH]1. The zero-order chi connectivity index (χ0) is 13.6. The summed E-state index contributed by atoms with van der Waals surface area (Å²) < 4.78 is 1.47. The first-order valence-corrected chi connectivity index (χ1v) is 6.01. The van der Waals surface area contributed by atoms with Gasteiger partial charge in [0.2, 0.25) is 5.95 Å². The summed E-state index contributed by atoms with van der Waals surface area (Å²) in [6.07, 6.45) is 0.614. The Balaban J connectivity index is 2.13. The molecule has 1 saturated carbocycles. The highest BCUT2D eigenvalue weighted by Crippen LogP contribution is 2.36. The topological polar surface area (TPSA) is 143 Å². The van der Waals surface area contributed by atoms with Gasteiger partial charge in [-0.1, -0.05) is 5.21 Å². The van der Waals surface area contributed by atoms with Gasteiger partial charge in [0.1, 0.15) is 0 Å². The zero-order valence-corrected chi connectivity index (χ0v) is 10.0. The lowest BCUT2D eigenvalue weighted by Crippen LogP contribution is -2.26. The Kier molecular flexibility index (Phi) is 2.72. The number of aliphatic hydroxyl groups excluding tert-OH is 2. The second kappa shape index (κ2) is 4.28. The fourth-order valence-electron chi connectivity index (χ4n) is 2.65. The number of nitrogens with one attached hydrogen (secondary N) is 1. The Bertz CT molecular complexity index is 665. The van der Waals surface area contributed by atoms with Crippen molar-refractivity contribution >= 4 is 17.1 Å². The molecule has 0 aromatic carbocycles. The van der Waals surface area contributed by atoms with Crippen LogP contribution in [0.15, 0.2) is 4.79 Å². The van der Waals surface area contributed by atoms with Gasteiger partial charge in [-0.15, -0.1) is 5.10 Å². The first-order valence-electron chi connectivity index (χ1n) is 6.01. The van der Waals surface area contributed by atoms with Crippen LogP contribution < -0.4 is 11.3 Å². The van der Waals surface area contributed by atoms with Crippen LogP contribution in [0.25, 0.3) is 11.2 Å². The van der Waals surface area contributed by atoms with Gasteiger partial charge in [-0.3, -0.25) is 9.78 Å². The minimum atomic E-state index is -0.589. The maximum atomic E-state index is 11.7. The largest absolute Gasteiger partial charge is 0.396 e. The molecule has 9 heteroatoms. The van der Waals surface area contributed by atoms with Gasteiger partial charge in [0.05, 0.1) is 18.8 Å². The lowest BCUT2D eigenvalue weighted by Gasteiger charge is -2.19. The normalized spacial score (nSPS) is 27.2.